The molecule has 0 aromatic heterocycles. The van der Waals surface area contributed by atoms with Crippen molar-refractivity contribution in [3.63, 3.8) is 0 Å². The molecule has 5 heteroatoms. The standard InChI is InChI=1S/C16H23ClN2O2/c17-14-11-13(7-8-18)5-6-15(14)21-12-16(20)19-9-3-1-2-4-10-19/h5-6,11H,1-4,7-10,12,18H2. The maximum absolute atomic E-state index is 12.1. The van der Waals surface area contributed by atoms with Crippen LogP contribution in [0.15, 0.2) is 18.2 Å². The summed E-state index contributed by atoms with van der Waals surface area (Å²) in [6, 6.07) is 5.59. The Kier molecular flexibility index (Phi) is 6.33. The van der Waals surface area contributed by atoms with E-state index in [1.165, 1.54) is 12.8 Å². The second kappa shape index (κ2) is 8.25. The lowest BCUT2D eigenvalue weighted by Crippen LogP contribution is -2.35. The van der Waals surface area contributed by atoms with Crippen LogP contribution in [0, 0.1) is 0 Å². The van der Waals surface area contributed by atoms with Crippen LogP contribution in [-0.2, 0) is 11.2 Å². The lowest BCUT2D eigenvalue weighted by molar-refractivity contribution is -0.133. The zero-order valence-electron chi connectivity index (χ0n) is 12.3. The maximum Gasteiger partial charge on any atom is 0.260 e. The Balaban J connectivity index is 1.88. The fraction of sp³-hybridized carbons (Fsp3) is 0.562. The molecule has 0 atom stereocenters. The van der Waals surface area contributed by atoms with Gasteiger partial charge in [0.2, 0.25) is 0 Å². The van der Waals surface area contributed by atoms with Gasteiger partial charge < -0.3 is 15.4 Å². The Morgan fingerprint density at radius 2 is 1.95 bits per heavy atom. The number of nitrogens with two attached hydrogens (primary N) is 1. The van der Waals surface area contributed by atoms with Crippen molar-refractivity contribution in [2.45, 2.75) is 32.1 Å². The quantitative estimate of drug-likeness (QED) is 0.909. The number of rotatable bonds is 5. The Hall–Kier alpha value is -1.26. The molecule has 2 N–H and O–H groups in total. The average Bonchev–Trinajstić information content (AvgIpc) is 2.75. The van der Waals surface area contributed by atoms with Gasteiger partial charge in [0.05, 0.1) is 5.02 Å². The predicted molar refractivity (Wildman–Crippen MR) is 84.8 cm³/mol. The monoisotopic (exact) mass is 310 g/mol. The van der Waals surface area contributed by atoms with E-state index in [1.807, 2.05) is 23.1 Å². The minimum absolute atomic E-state index is 0.0407. The summed E-state index contributed by atoms with van der Waals surface area (Å²) < 4.78 is 5.57. The first kappa shape index (κ1) is 16.1. The fourth-order valence-electron chi connectivity index (χ4n) is 2.53. The smallest absolute Gasteiger partial charge is 0.260 e. The zero-order valence-corrected chi connectivity index (χ0v) is 13.1. The van der Waals surface area contributed by atoms with Gasteiger partial charge in [0.1, 0.15) is 5.75 Å². The molecule has 21 heavy (non-hydrogen) atoms. The van der Waals surface area contributed by atoms with E-state index >= 15 is 0 Å². The molecule has 2 rings (SSSR count). The number of hydrogen-bond acceptors (Lipinski definition) is 3. The normalized spacial score (nSPS) is 15.6. The third-order valence-electron chi connectivity index (χ3n) is 3.74. The van der Waals surface area contributed by atoms with Crippen molar-refractivity contribution in [2.24, 2.45) is 5.73 Å². The first-order valence-corrected chi connectivity index (χ1v) is 7.97. The number of halogens is 1. The highest BCUT2D eigenvalue weighted by molar-refractivity contribution is 6.32. The van der Waals surface area contributed by atoms with Crippen LogP contribution < -0.4 is 10.5 Å². The minimum atomic E-state index is 0.0407. The number of nitrogens with zero attached hydrogens (tertiary/aromatic N) is 1. The van der Waals surface area contributed by atoms with Crippen molar-refractivity contribution in [3.8, 4) is 5.75 Å². The van der Waals surface area contributed by atoms with E-state index in [9.17, 15) is 4.79 Å². The summed E-state index contributed by atoms with van der Waals surface area (Å²) in [6.45, 7) is 2.32. The molecule has 1 aromatic carbocycles. The van der Waals surface area contributed by atoms with Crippen LogP contribution in [0.3, 0.4) is 0 Å². The number of ether oxygens (including phenoxy) is 1. The van der Waals surface area contributed by atoms with Gasteiger partial charge in [-0.05, 0) is 43.5 Å². The van der Waals surface area contributed by atoms with Crippen molar-refractivity contribution in [1.29, 1.82) is 0 Å². The van der Waals surface area contributed by atoms with Crippen molar-refractivity contribution < 1.29 is 9.53 Å². The maximum atomic E-state index is 12.1. The van der Waals surface area contributed by atoms with Crippen molar-refractivity contribution in [2.75, 3.05) is 26.2 Å². The zero-order chi connectivity index (χ0) is 15.1. The number of carbonyl (C=O) groups excluding carboxylic acids is 1. The Bertz CT molecular complexity index is 471. The number of benzene rings is 1. The first-order valence-electron chi connectivity index (χ1n) is 7.60. The number of carbonyl (C=O) groups is 1. The van der Waals surface area contributed by atoms with E-state index in [0.29, 0.717) is 17.3 Å². The Morgan fingerprint density at radius 1 is 1.24 bits per heavy atom. The highest BCUT2D eigenvalue weighted by Gasteiger charge is 2.16. The average molecular weight is 311 g/mol. The molecule has 1 saturated heterocycles. The molecule has 1 aliphatic rings. The summed E-state index contributed by atoms with van der Waals surface area (Å²) in [5, 5.41) is 0.532. The van der Waals surface area contributed by atoms with Gasteiger partial charge in [-0.3, -0.25) is 4.79 Å². The number of amides is 1. The lowest BCUT2D eigenvalue weighted by Gasteiger charge is -2.20. The molecule has 0 saturated carbocycles. The molecule has 1 aromatic rings. The van der Waals surface area contributed by atoms with Gasteiger partial charge >= 0.3 is 0 Å². The summed E-state index contributed by atoms with van der Waals surface area (Å²) in [5.41, 5.74) is 6.60. The predicted octanol–water partition coefficient (Wildman–Crippen LogP) is 2.62. The highest BCUT2D eigenvalue weighted by Crippen LogP contribution is 2.25. The van der Waals surface area contributed by atoms with Crippen LogP contribution in [-0.4, -0.2) is 37.0 Å². The van der Waals surface area contributed by atoms with E-state index in [4.69, 9.17) is 22.1 Å². The third kappa shape index (κ3) is 4.90. The van der Waals surface area contributed by atoms with Gasteiger partial charge in [0.15, 0.2) is 6.61 Å². The molecule has 1 aliphatic heterocycles. The van der Waals surface area contributed by atoms with E-state index in [-0.39, 0.29) is 12.5 Å². The summed E-state index contributed by atoms with van der Waals surface area (Å²) in [5.74, 6) is 0.597. The Labute approximate surface area is 131 Å². The molecule has 0 radical (unpaired) electrons. The van der Waals surface area contributed by atoms with Crippen molar-refractivity contribution in [1.82, 2.24) is 4.90 Å². The second-order valence-corrected chi connectivity index (χ2v) is 5.79. The minimum Gasteiger partial charge on any atom is -0.482 e. The molecule has 1 fully saturated rings. The van der Waals surface area contributed by atoms with Crippen LogP contribution >= 0.6 is 11.6 Å². The molecule has 4 nitrogen and oxygen atoms in total. The van der Waals surface area contributed by atoms with Crippen LogP contribution in [0.2, 0.25) is 5.02 Å². The van der Waals surface area contributed by atoms with E-state index in [0.717, 1.165) is 37.9 Å². The number of likely N-dealkylation sites (tertiary alicyclic amines) is 1. The van der Waals surface area contributed by atoms with Crippen LogP contribution in [0.25, 0.3) is 0 Å². The molecule has 0 aliphatic carbocycles. The molecule has 0 unspecified atom stereocenters. The SMILES string of the molecule is NCCc1ccc(OCC(=O)N2CCCCCC2)c(Cl)c1. The molecular weight excluding hydrogens is 288 g/mol. The van der Waals surface area contributed by atoms with Gasteiger partial charge in [0.25, 0.3) is 5.91 Å². The second-order valence-electron chi connectivity index (χ2n) is 5.39. The van der Waals surface area contributed by atoms with Crippen LogP contribution in [0.1, 0.15) is 31.2 Å². The fourth-order valence-corrected chi connectivity index (χ4v) is 2.79. The molecule has 0 spiro atoms. The molecular formula is C16H23ClN2O2. The first-order chi connectivity index (χ1) is 10.2. The van der Waals surface area contributed by atoms with Crippen molar-refractivity contribution in [3.05, 3.63) is 28.8 Å². The summed E-state index contributed by atoms with van der Waals surface area (Å²) in [6.07, 6.45) is 5.37. The summed E-state index contributed by atoms with van der Waals surface area (Å²) in [4.78, 5) is 14.0. The summed E-state index contributed by atoms with van der Waals surface area (Å²) in [7, 11) is 0. The van der Waals surface area contributed by atoms with Gasteiger partial charge in [0, 0.05) is 13.1 Å². The lowest BCUT2D eigenvalue weighted by atomic mass is 10.1. The topological polar surface area (TPSA) is 55.6 Å². The molecule has 1 amide bonds. The van der Waals surface area contributed by atoms with Crippen LogP contribution in [0.5, 0.6) is 5.75 Å². The third-order valence-corrected chi connectivity index (χ3v) is 4.03. The molecule has 1 heterocycles. The number of hydrogen-bond donors (Lipinski definition) is 1. The molecule has 0 bridgehead atoms. The van der Waals surface area contributed by atoms with E-state index in [1.54, 1.807) is 0 Å². The van der Waals surface area contributed by atoms with Crippen LogP contribution in [0.4, 0.5) is 0 Å². The van der Waals surface area contributed by atoms with Gasteiger partial charge in [-0.15, -0.1) is 0 Å². The highest BCUT2D eigenvalue weighted by atomic mass is 35.5. The van der Waals surface area contributed by atoms with Gasteiger partial charge in [-0.25, -0.2) is 0 Å². The summed E-state index contributed by atoms with van der Waals surface area (Å²) >= 11 is 6.17. The van der Waals surface area contributed by atoms with Gasteiger partial charge in [-0.1, -0.05) is 30.5 Å². The van der Waals surface area contributed by atoms with Crippen molar-refractivity contribution >= 4 is 17.5 Å². The van der Waals surface area contributed by atoms with Gasteiger partial charge in [-0.2, -0.15) is 0 Å². The Morgan fingerprint density at radius 3 is 2.57 bits per heavy atom. The molecule has 116 valence electrons. The van der Waals surface area contributed by atoms with E-state index < -0.39 is 0 Å². The largest absolute Gasteiger partial charge is 0.482 e. The van der Waals surface area contributed by atoms with E-state index in [2.05, 4.69) is 0 Å².